The summed E-state index contributed by atoms with van der Waals surface area (Å²) in [4.78, 5) is 11.6. The van der Waals surface area contributed by atoms with Gasteiger partial charge in [-0.15, -0.1) is 0 Å². The predicted octanol–water partition coefficient (Wildman–Crippen LogP) is 8.27. The van der Waals surface area contributed by atoms with Crippen LogP contribution in [-0.4, -0.2) is 5.97 Å². The molecule has 0 unspecified atom stereocenters. The summed E-state index contributed by atoms with van der Waals surface area (Å²) in [6.45, 7) is 8.22. The van der Waals surface area contributed by atoms with Crippen LogP contribution in [0.2, 0.25) is 0 Å². The SMILES string of the molecule is CCCC/C=C(CCCCCCC)/C(=C/CCCCCCC)OC(C)=O. The summed E-state index contributed by atoms with van der Waals surface area (Å²) in [5, 5.41) is 0. The molecule has 0 saturated carbocycles. The maximum absolute atomic E-state index is 11.6. The van der Waals surface area contributed by atoms with Crippen LogP contribution in [0.5, 0.6) is 0 Å². The Morgan fingerprint density at radius 3 is 1.81 bits per heavy atom. The molecule has 0 saturated heterocycles. The van der Waals surface area contributed by atoms with Gasteiger partial charge >= 0.3 is 5.97 Å². The number of hydrogen-bond donors (Lipinski definition) is 0. The first kappa shape index (κ1) is 24.9. The van der Waals surface area contributed by atoms with E-state index in [-0.39, 0.29) is 5.97 Å². The molecule has 26 heavy (non-hydrogen) atoms. The summed E-state index contributed by atoms with van der Waals surface area (Å²) in [5.41, 5.74) is 1.25. The predicted molar refractivity (Wildman–Crippen MR) is 114 cm³/mol. The van der Waals surface area contributed by atoms with E-state index in [0.29, 0.717) is 0 Å². The van der Waals surface area contributed by atoms with Gasteiger partial charge in [-0.1, -0.05) is 91.1 Å². The van der Waals surface area contributed by atoms with Crippen molar-refractivity contribution in [3.05, 3.63) is 23.5 Å². The van der Waals surface area contributed by atoms with Gasteiger partial charge in [0.05, 0.1) is 0 Å². The van der Waals surface area contributed by atoms with E-state index in [2.05, 4.69) is 32.9 Å². The van der Waals surface area contributed by atoms with Crippen LogP contribution in [-0.2, 0) is 9.53 Å². The molecule has 0 aliphatic heterocycles. The zero-order valence-corrected chi connectivity index (χ0v) is 18.1. The zero-order valence-electron chi connectivity index (χ0n) is 18.1. The third kappa shape index (κ3) is 15.2. The fourth-order valence-electron chi connectivity index (χ4n) is 3.10. The van der Waals surface area contributed by atoms with E-state index in [9.17, 15) is 4.79 Å². The molecule has 0 spiro atoms. The lowest BCUT2D eigenvalue weighted by Crippen LogP contribution is -2.03. The molecule has 0 heterocycles. The second-order valence-corrected chi connectivity index (χ2v) is 7.40. The number of unbranched alkanes of at least 4 members (excludes halogenated alkanes) is 11. The van der Waals surface area contributed by atoms with Crippen LogP contribution in [0.4, 0.5) is 0 Å². The molecular weight excluding hydrogens is 320 g/mol. The normalized spacial score (nSPS) is 12.5. The Bertz CT molecular complexity index is 393. The molecule has 0 rings (SSSR count). The van der Waals surface area contributed by atoms with E-state index < -0.39 is 0 Å². The molecule has 0 N–H and O–H groups in total. The topological polar surface area (TPSA) is 26.3 Å². The summed E-state index contributed by atoms with van der Waals surface area (Å²) in [6, 6.07) is 0. The molecule has 2 heteroatoms. The first-order valence-electron chi connectivity index (χ1n) is 11.2. The fourth-order valence-corrected chi connectivity index (χ4v) is 3.10. The Morgan fingerprint density at radius 1 is 0.692 bits per heavy atom. The summed E-state index contributed by atoms with van der Waals surface area (Å²) in [6.07, 6.45) is 22.7. The van der Waals surface area contributed by atoms with Crippen LogP contribution in [0.3, 0.4) is 0 Å². The molecule has 0 fully saturated rings. The minimum absolute atomic E-state index is 0.199. The van der Waals surface area contributed by atoms with Gasteiger partial charge in [0.2, 0.25) is 0 Å². The summed E-state index contributed by atoms with van der Waals surface area (Å²) >= 11 is 0. The van der Waals surface area contributed by atoms with Crippen LogP contribution >= 0.6 is 0 Å². The molecule has 0 atom stereocenters. The highest BCUT2D eigenvalue weighted by Crippen LogP contribution is 2.23. The van der Waals surface area contributed by atoms with E-state index in [0.717, 1.165) is 25.0 Å². The second kappa shape index (κ2) is 18.7. The molecule has 152 valence electrons. The largest absolute Gasteiger partial charge is 0.427 e. The monoisotopic (exact) mass is 364 g/mol. The van der Waals surface area contributed by atoms with Gasteiger partial charge in [0, 0.05) is 6.92 Å². The van der Waals surface area contributed by atoms with E-state index in [4.69, 9.17) is 4.74 Å². The van der Waals surface area contributed by atoms with E-state index in [1.165, 1.54) is 89.5 Å². The van der Waals surface area contributed by atoms with E-state index in [1.54, 1.807) is 0 Å². The van der Waals surface area contributed by atoms with Crippen molar-refractivity contribution in [2.75, 3.05) is 0 Å². The third-order valence-corrected chi connectivity index (χ3v) is 4.71. The number of carbonyl (C=O) groups excluding carboxylic acids is 1. The average molecular weight is 365 g/mol. The standard InChI is InChI=1S/C24H44O2/c1-5-8-11-13-15-18-21-24(26-22(4)25)23(19-16-10-7-3)20-17-14-12-9-6-2/h19,21H,5-18,20H2,1-4H3/b23-19+,24-21-. The van der Waals surface area contributed by atoms with Gasteiger partial charge in [-0.2, -0.15) is 0 Å². The summed E-state index contributed by atoms with van der Waals surface area (Å²) in [7, 11) is 0. The quantitative estimate of drug-likeness (QED) is 0.112. The Balaban J connectivity index is 4.77. The number of esters is 1. The van der Waals surface area contributed by atoms with Crippen molar-refractivity contribution in [2.45, 2.75) is 124 Å². The highest BCUT2D eigenvalue weighted by Gasteiger charge is 2.09. The molecule has 0 aromatic carbocycles. The molecule has 0 aliphatic rings. The van der Waals surface area contributed by atoms with Crippen LogP contribution in [0.15, 0.2) is 23.5 Å². The molecule has 0 amide bonds. The summed E-state index contributed by atoms with van der Waals surface area (Å²) in [5.74, 6) is 0.634. The maximum atomic E-state index is 11.6. The van der Waals surface area contributed by atoms with Crippen LogP contribution in [0.1, 0.15) is 124 Å². The van der Waals surface area contributed by atoms with Crippen molar-refractivity contribution in [3.8, 4) is 0 Å². The molecular formula is C24H44O2. The molecule has 2 nitrogen and oxygen atoms in total. The highest BCUT2D eigenvalue weighted by molar-refractivity contribution is 5.68. The lowest BCUT2D eigenvalue weighted by molar-refractivity contribution is -0.136. The number of rotatable bonds is 17. The van der Waals surface area contributed by atoms with Crippen molar-refractivity contribution in [1.29, 1.82) is 0 Å². The Kier molecular flexibility index (Phi) is 18.0. The first-order chi connectivity index (χ1) is 12.7. The van der Waals surface area contributed by atoms with Crippen molar-refractivity contribution in [2.24, 2.45) is 0 Å². The van der Waals surface area contributed by atoms with Gasteiger partial charge in [-0.05, 0) is 43.8 Å². The van der Waals surface area contributed by atoms with Crippen LogP contribution in [0, 0.1) is 0 Å². The highest BCUT2D eigenvalue weighted by atomic mass is 16.5. The minimum atomic E-state index is -0.199. The summed E-state index contributed by atoms with van der Waals surface area (Å²) < 4.78 is 5.60. The molecule has 0 aromatic rings. The van der Waals surface area contributed by atoms with E-state index >= 15 is 0 Å². The van der Waals surface area contributed by atoms with Gasteiger partial charge in [0.1, 0.15) is 5.76 Å². The fraction of sp³-hybridized carbons (Fsp3) is 0.792. The molecule has 0 aromatic heterocycles. The van der Waals surface area contributed by atoms with Crippen molar-refractivity contribution >= 4 is 5.97 Å². The van der Waals surface area contributed by atoms with Gasteiger partial charge in [0.25, 0.3) is 0 Å². The van der Waals surface area contributed by atoms with Crippen LogP contribution in [0.25, 0.3) is 0 Å². The Labute approximate surface area is 163 Å². The van der Waals surface area contributed by atoms with Crippen molar-refractivity contribution in [1.82, 2.24) is 0 Å². The van der Waals surface area contributed by atoms with Crippen molar-refractivity contribution in [3.63, 3.8) is 0 Å². The molecule has 0 bridgehead atoms. The number of allylic oxidation sites excluding steroid dienone is 3. The first-order valence-corrected chi connectivity index (χ1v) is 11.2. The average Bonchev–Trinajstić information content (AvgIpc) is 2.62. The second-order valence-electron chi connectivity index (χ2n) is 7.40. The van der Waals surface area contributed by atoms with Gasteiger partial charge in [-0.3, -0.25) is 4.79 Å². The number of ether oxygens (including phenoxy) is 1. The van der Waals surface area contributed by atoms with E-state index in [1.807, 2.05) is 0 Å². The van der Waals surface area contributed by atoms with Gasteiger partial charge in [-0.25, -0.2) is 0 Å². The number of hydrogen-bond acceptors (Lipinski definition) is 2. The minimum Gasteiger partial charge on any atom is -0.427 e. The smallest absolute Gasteiger partial charge is 0.308 e. The lowest BCUT2D eigenvalue weighted by atomic mass is 10.0. The van der Waals surface area contributed by atoms with Gasteiger partial charge in [0.15, 0.2) is 0 Å². The lowest BCUT2D eigenvalue weighted by Gasteiger charge is -2.13. The zero-order chi connectivity index (χ0) is 19.5. The molecule has 0 aliphatic carbocycles. The third-order valence-electron chi connectivity index (χ3n) is 4.71. The maximum Gasteiger partial charge on any atom is 0.308 e. The molecule has 0 radical (unpaired) electrons. The Hall–Kier alpha value is -1.05. The van der Waals surface area contributed by atoms with Crippen molar-refractivity contribution < 1.29 is 9.53 Å². The number of carbonyl (C=O) groups is 1. The Morgan fingerprint density at radius 2 is 1.23 bits per heavy atom. The van der Waals surface area contributed by atoms with Crippen LogP contribution < -0.4 is 0 Å². The van der Waals surface area contributed by atoms with Gasteiger partial charge < -0.3 is 4.74 Å².